The summed E-state index contributed by atoms with van der Waals surface area (Å²) in [6.07, 6.45) is 5.02. The van der Waals surface area contributed by atoms with Gasteiger partial charge in [0.1, 0.15) is 0 Å². The third-order valence-corrected chi connectivity index (χ3v) is 4.33. The molecule has 2 heterocycles. The molecule has 0 unspecified atom stereocenters. The molecule has 1 spiro atoms. The van der Waals surface area contributed by atoms with Gasteiger partial charge in [0.25, 0.3) is 0 Å². The molecule has 0 amide bonds. The molecule has 3 fully saturated rings. The van der Waals surface area contributed by atoms with Gasteiger partial charge >= 0.3 is 0 Å². The van der Waals surface area contributed by atoms with Crippen molar-refractivity contribution in [2.45, 2.75) is 50.5 Å². The minimum Gasteiger partial charge on any atom is -0.376 e. The molecular weight excluding hydrogens is 218 g/mol. The maximum atomic E-state index is 5.76. The molecule has 98 valence electrons. The maximum Gasteiger partial charge on any atom is 0.168 e. The molecule has 0 radical (unpaired) electrons. The Morgan fingerprint density at radius 1 is 1.18 bits per heavy atom. The molecule has 0 aromatic carbocycles. The summed E-state index contributed by atoms with van der Waals surface area (Å²) in [6.45, 7) is 6.71. The Morgan fingerprint density at radius 3 is 2.41 bits per heavy atom. The summed E-state index contributed by atoms with van der Waals surface area (Å²) < 4.78 is 17.1. The molecule has 0 aromatic heterocycles. The second-order valence-corrected chi connectivity index (χ2v) is 5.37. The lowest BCUT2D eigenvalue weighted by Crippen LogP contribution is -2.58. The van der Waals surface area contributed by atoms with Crippen LogP contribution < -0.4 is 0 Å². The van der Waals surface area contributed by atoms with E-state index in [0.29, 0.717) is 6.10 Å². The van der Waals surface area contributed by atoms with Gasteiger partial charge in [0.2, 0.25) is 0 Å². The fraction of sp³-hybridized carbons (Fsp3) is 1.00. The molecule has 0 N–H and O–H groups in total. The second kappa shape index (κ2) is 4.84. The van der Waals surface area contributed by atoms with E-state index in [1.165, 1.54) is 12.8 Å². The van der Waals surface area contributed by atoms with Crippen LogP contribution in [-0.4, -0.2) is 55.7 Å². The summed E-state index contributed by atoms with van der Waals surface area (Å²) in [6, 6.07) is 0.727. The Bertz CT molecular complexity index is 249. The monoisotopic (exact) mass is 241 g/mol. The number of rotatable bonds is 3. The van der Waals surface area contributed by atoms with Crippen molar-refractivity contribution in [1.29, 1.82) is 0 Å². The largest absolute Gasteiger partial charge is 0.376 e. The quantitative estimate of drug-likeness (QED) is 0.747. The second-order valence-electron chi connectivity index (χ2n) is 5.37. The molecular formula is C13H23NO3. The molecule has 1 saturated carbocycles. The molecule has 3 aliphatic rings. The Morgan fingerprint density at radius 2 is 1.82 bits per heavy atom. The zero-order valence-electron chi connectivity index (χ0n) is 10.7. The van der Waals surface area contributed by atoms with Gasteiger partial charge in [-0.05, 0) is 19.8 Å². The lowest BCUT2D eigenvalue weighted by atomic mass is 9.87. The molecule has 3 rings (SSSR count). The van der Waals surface area contributed by atoms with E-state index in [9.17, 15) is 0 Å². The first-order chi connectivity index (χ1) is 8.31. The highest BCUT2D eigenvalue weighted by molar-refractivity contribution is 4.92. The van der Waals surface area contributed by atoms with Crippen LogP contribution in [0.1, 0.15) is 32.6 Å². The summed E-state index contributed by atoms with van der Waals surface area (Å²) in [7, 11) is 0. The molecule has 0 bridgehead atoms. The molecule has 2 saturated heterocycles. The van der Waals surface area contributed by atoms with Gasteiger partial charge in [0.05, 0.1) is 19.3 Å². The number of hydrogen-bond donors (Lipinski definition) is 0. The van der Waals surface area contributed by atoms with Crippen molar-refractivity contribution in [3.8, 4) is 0 Å². The van der Waals surface area contributed by atoms with E-state index in [1.807, 2.05) is 0 Å². The molecule has 0 atom stereocenters. The highest BCUT2D eigenvalue weighted by Gasteiger charge is 2.43. The number of hydrogen-bond acceptors (Lipinski definition) is 4. The van der Waals surface area contributed by atoms with E-state index in [-0.39, 0.29) is 5.79 Å². The zero-order chi connectivity index (χ0) is 11.7. The van der Waals surface area contributed by atoms with E-state index in [2.05, 4.69) is 11.8 Å². The van der Waals surface area contributed by atoms with Crippen molar-refractivity contribution in [3.63, 3.8) is 0 Å². The number of likely N-dealkylation sites (tertiary alicyclic amines) is 1. The Balaban J connectivity index is 1.43. The lowest BCUT2D eigenvalue weighted by molar-refractivity contribution is -0.189. The van der Waals surface area contributed by atoms with Gasteiger partial charge in [-0.1, -0.05) is 0 Å². The maximum absolute atomic E-state index is 5.76. The zero-order valence-corrected chi connectivity index (χ0v) is 10.7. The molecule has 2 aliphatic heterocycles. The van der Waals surface area contributed by atoms with E-state index in [1.54, 1.807) is 0 Å². The molecule has 4 heteroatoms. The Kier molecular flexibility index (Phi) is 3.39. The van der Waals surface area contributed by atoms with Gasteiger partial charge in [0.15, 0.2) is 5.79 Å². The van der Waals surface area contributed by atoms with Crippen LogP contribution in [0.25, 0.3) is 0 Å². The van der Waals surface area contributed by atoms with Crippen molar-refractivity contribution in [2.24, 2.45) is 0 Å². The van der Waals surface area contributed by atoms with E-state index >= 15 is 0 Å². The number of ether oxygens (including phenoxy) is 3. The SMILES string of the molecule is CCOC1CN(C2CCC3(CC2)OCCO3)C1. The van der Waals surface area contributed by atoms with Gasteiger partial charge < -0.3 is 14.2 Å². The molecule has 17 heavy (non-hydrogen) atoms. The van der Waals surface area contributed by atoms with Gasteiger partial charge in [-0.15, -0.1) is 0 Å². The summed E-state index contributed by atoms with van der Waals surface area (Å²) >= 11 is 0. The average molecular weight is 241 g/mol. The molecule has 0 aromatic rings. The normalized spacial score (nSPS) is 30.9. The van der Waals surface area contributed by atoms with Crippen molar-refractivity contribution in [2.75, 3.05) is 32.9 Å². The third kappa shape index (κ3) is 2.36. The minimum atomic E-state index is -0.208. The van der Waals surface area contributed by atoms with Gasteiger partial charge in [-0.3, -0.25) is 4.90 Å². The van der Waals surface area contributed by atoms with Crippen LogP contribution >= 0.6 is 0 Å². The van der Waals surface area contributed by atoms with Crippen LogP contribution in [0.5, 0.6) is 0 Å². The minimum absolute atomic E-state index is 0.208. The predicted octanol–water partition coefficient (Wildman–Crippen LogP) is 1.39. The predicted molar refractivity (Wildman–Crippen MR) is 63.9 cm³/mol. The highest BCUT2D eigenvalue weighted by Crippen LogP contribution is 2.38. The van der Waals surface area contributed by atoms with Gasteiger partial charge in [-0.25, -0.2) is 0 Å². The highest BCUT2D eigenvalue weighted by atomic mass is 16.7. The van der Waals surface area contributed by atoms with E-state index in [4.69, 9.17) is 14.2 Å². The van der Waals surface area contributed by atoms with E-state index < -0.39 is 0 Å². The summed E-state index contributed by atoms with van der Waals surface area (Å²) in [5.74, 6) is -0.208. The van der Waals surface area contributed by atoms with E-state index in [0.717, 1.165) is 51.8 Å². The molecule has 1 aliphatic carbocycles. The van der Waals surface area contributed by atoms with Crippen LogP contribution in [0.4, 0.5) is 0 Å². The topological polar surface area (TPSA) is 30.9 Å². The smallest absolute Gasteiger partial charge is 0.168 e. The van der Waals surface area contributed by atoms with Crippen molar-refractivity contribution < 1.29 is 14.2 Å². The number of nitrogens with zero attached hydrogens (tertiary/aromatic N) is 1. The third-order valence-electron chi connectivity index (χ3n) is 4.33. The summed E-state index contributed by atoms with van der Waals surface area (Å²) in [4.78, 5) is 2.56. The average Bonchev–Trinajstić information content (AvgIpc) is 2.74. The van der Waals surface area contributed by atoms with Crippen molar-refractivity contribution in [1.82, 2.24) is 4.90 Å². The van der Waals surface area contributed by atoms with Crippen molar-refractivity contribution >= 4 is 0 Å². The van der Waals surface area contributed by atoms with Crippen molar-refractivity contribution in [3.05, 3.63) is 0 Å². The first-order valence-corrected chi connectivity index (χ1v) is 6.95. The first-order valence-electron chi connectivity index (χ1n) is 6.95. The van der Waals surface area contributed by atoms with Crippen LogP contribution in [0.3, 0.4) is 0 Å². The Labute approximate surface area is 103 Å². The van der Waals surface area contributed by atoms with Gasteiger partial charge in [-0.2, -0.15) is 0 Å². The first kappa shape index (κ1) is 11.9. The summed E-state index contributed by atoms with van der Waals surface area (Å²) in [5, 5.41) is 0. The molecule has 4 nitrogen and oxygen atoms in total. The van der Waals surface area contributed by atoms with Crippen LogP contribution in [0.15, 0.2) is 0 Å². The van der Waals surface area contributed by atoms with Crippen LogP contribution in [0, 0.1) is 0 Å². The van der Waals surface area contributed by atoms with Crippen LogP contribution in [0.2, 0.25) is 0 Å². The fourth-order valence-corrected chi connectivity index (χ4v) is 3.30. The fourth-order valence-electron chi connectivity index (χ4n) is 3.30. The lowest BCUT2D eigenvalue weighted by Gasteiger charge is -2.47. The Hall–Kier alpha value is -0.160. The standard InChI is InChI=1S/C13H23NO3/c1-2-15-12-9-14(10-12)11-3-5-13(6-4-11)16-7-8-17-13/h11-12H,2-10H2,1H3. The van der Waals surface area contributed by atoms with Gasteiger partial charge in [0, 0.05) is 38.6 Å². The summed E-state index contributed by atoms with van der Waals surface area (Å²) in [5.41, 5.74) is 0. The van der Waals surface area contributed by atoms with Crippen LogP contribution in [-0.2, 0) is 14.2 Å².